The Kier molecular flexibility index (Phi) is 6.87. The van der Waals surface area contributed by atoms with Crippen LogP contribution in [0.2, 0.25) is 0 Å². The summed E-state index contributed by atoms with van der Waals surface area (Å²) in [5.74, 6) is -0.216. The Morgan fingerprint density at radius 2 is 1.65 bits per heavy atom. The van der Waals surface area contributed by atoms with E-state index < -0.39 is 0 Å². The van der Waals surface area contributed by atoms with Gasteiger partial charge in [-0.15, -0.1) is 12.4 Å². The lowest BCUT2D eigenvalue weighted by Gasteiger charge is -2.19. The van der Waals surface area contributed by atoms with Crippen LogP contribution in [0.4, 0.5) is 0 Å². The van der Waals surface area contributed by atoms with Crippen LogP contribution < -0.4 is 0 Å². The van der Waals surface area contributed by atoms with Crippen molar-refractivity contribution in [1.29, 1.82) is 0 Å². The van der Waals surface area contributed by atoms with Crippen LogP contribution in [0, 0.1) is 0 Å². The van der Waals surface area contributed by atoms with Gasteiger partial charge in [0.15, 0.2) is 0 Å². The van der Waals surface area contributed by atoms with Gasteiger partial charge in [-0.25, -0.2) is 4.79 Å². The number of benzene rings is 2. The summed E-state index contributed by atoms with van der Waals surface area (Å²) in [6.45, 7) is 3.58. The molecule has 0 spiro atoms. The highest BCUT2D eigenvalue weighted by Gasteiger charge is 2.13. The first-order valence-electron chi connectivity index (χ1n) is 8.22. The second-order valence-electron chi connectivity index (χ2n) is 5.92. The molecule has 1 fully saturated rings. The zero-order valence-corrected chi connectivity index (χ0v) is 14.2. The van der Waals surface area contributed by atoms with Crippen LogP contribution in [0.15, 0.2) is 42.5 Å². The van der Waals surface area contributed by atoms with Crippen molar-refractivity contribution >= 4 is 29.1 Å². The van der Waals surface area contributed by atoms with Crippen LogP contribution in [0.3, 0.4) is 0 Å². The fraction of sp³-hybridized carbons (Fsp3) is 0.421. The minimum absolute atomic E-state index is 0. The van der Waals surface area contributed by atoms with Crippen molar-refractivity contribution in [1.82, 2.24) is 4.90 Å². The third-order valence-corrected chi connectivity index (χ3v) is 4.35. The third kappa shape index (κ3) is 4.69. The van der Waals surface area contributed by atoms with E-state index in [9.17, 15) is 4.79 Å². The molecule has 0 N–H and O–H groups in total. The van der Waals surface area contributed by atoms with Crippen molar-refractivity contribution in [3.8, 4) is 0 Å². The molecule has 0 aliphatic carbocycles. The number of hydrogen-bond acceptors (Lipinski definition) is 3. The van der Waals surface area contributed by atoms with Gasteiger partial charge in [-0.1, -0.05) is 49.2 Å². The number of ether oxygens (including phenoxy) is 1. The molecule has 23 heavy (non-hydrogen) atoms. The molecular formula is C19H24ClNO2. The molecular weight excluding hydrogens is 310 g/mol. The van der Waals surface area contributed by atoms with Crippen LogP contribution in [0.25, 0.3) is 10.8 Å². The molecule has 3 nitrogen and oxygen atoms in total. The number of carbonyl (C=O) groups is 1. The van der Waals surface area contributed by atoms with Gasteiger partial charge in [-0.2, -0.15) is 0 Å². The number of halogens is 1. The largest absolute Gasteiger partial charge is 0.461 e. The van der Waals surface area contributed by atoms with Gasteiger partial charge >= 0.3 is 5.97 Å². The molecule has 2 aromatic rings. The number of nitrogens with zero attached hydrogens (tertiary/aromatic N) is 1. The smallest absolute Gasteiger partial charge is 0.338 e. The Bertz CT molecular complexity index is 631. The summed E-state index contributed by atoms with van der Waals surface area (Å²) in [6.07, 6.45) is 5.17. The topological polar surface area (TPSA) is 29.5 Å². The van der Waals surface area contributed by atoms with Crippen molar-refractivity contribution in [2.75, 3.05) is 26.2 Å². The van der Waals surface area contributed by atoms with Gasteiger partial charge in [0.2, 0.25) is 0 Å². The van der Waals surface area contributed by atoms with Crippen LogP contribution in [0.5, 0.6) is 0 Å². The summed E-state index contributed by atoms with van der Waals surface area (Å²) in [5.41, 5.74) is 0.661. The molecule has 1 heterocycles. The standard InChI is InChI=1S/C19H23NO2.ClH/c21-19(22-15-14-20-12-5-1-2-6-13-20)18-11-7-9-16-8-3-4-10-17(16)18;/h3-4,7-11H,1-2,5-6,12-15H2;1H. The van der Waals surface area contributed by atoms with Gasteiger partial charge in [-0.3, -0.25) is 4.90 Å². The van der Waals surface area contributed by atoms with Gasteiger partial charge in [0.05, 0.1) is 5.56 Å². The Morgan fingerprint density at radius 3 is 2.43 bits per heavy atom. The van der Waals surface area contributed by atoms with Gasteiger partial charge in [0.25, 0.3) is 0 Å². The quantitative estimate of drug-likeness (QED) is 0.781. The molecule has 4 heteroatoms. The molecule has 3 rings (SSSR count). The lowest BCUT2D eigenvalue weighted by Crippen LogP contribution is -2.29. The van der Waals surface area contributed by atoms with E-state index in [0.29, 0.717) is 12.2 Å². The predicted octanol–water partition coefficient (Wildman–Crippen LogP) is 4.29. The maximum atomic E-state index is 12.3. The second-order valence-corrected chi connectivity index (χ2v) is 5.92. The molecule has 2 aromatic carbocycles. The SMILES string of the molecule is Cl.O=C(OCCN1CCCCCC1)c1cccc2ccccc12. The van der Waals surface area contributed by atoms with Gasteiger partial charge in [-0.05, 0) is 42.8 Å². The molecule has 124 valence electrons. The number of fused-ring (bicyclic) bond motifs is 1. The van der Waals surface area contributed by atoms with Crippen LogP contribution in [-0.2, 0) is 4.74 Å². The van der Waals surface area contributed by atoms with E-state index in [1.165, 1.54) is 25.7 Å². The zero-order valence-electron chi connectivity index (χ0n) is 13.4. The first kappa shape index (κ1) is 17.8. The highest BCUT2D eigenvalue weighted by molar-refractivity contribution is 6.04. The molecule has 1 aliphatic heterocycles. The molecule has 0 radical (unpaired) electrons. The first-order chi connectivity index (χ1) is 10.8. The number of hydrogen-bond donors (Lipinski definition) is 0. The molecule has 0 unspecified atom stereocenters. The third-order valence-electron chi connectivity index (χ3n) is 4.35. The summed E-state index contributed by atoms with van der Waals surface area (Å²) in [7, 11) is 0. The molecule has 0 bridgehead atoms. The van der Waals surface area contributed by atoms with E-state index in [1.807, 2.05) is 42.5 Å². The van der Waals surface area contributed by atoms with E-state index in [0.717, 1.165) is 30.4 Å². The van der Waals surface area contributed by atoms with Crippen molar-refractivity contribution in [2.45, 2.75) is 25.7 Å². The summed E-state index contributed by atoms with van der Waals surface area (Å²) < 4.78 is 5.50. The minimum Gasteiger partial charge on any atom is -0.461 e. The summed E-state index contributed by atoms with van der Waals surface area (Å²) in [6, 6.07) is 13.7. The number of esters is 1. The normalized spacial score (nSPS) is 15.7. The summed E-state index contributed by atoms with van der Waals surface area (Å²) in [4.78, 5) is 14.7. The van der Waals surface area contributed by atoms with Crippen LogP contribution in [-0.4, -0.2) is 37.1 Å². The number of likely N-dealkylation sites (tertiary alicyclic amines) is 1. The minimum atomic E-state index is -0.216. The first-order valence-corrected chi connectivity index (χ1v) is 8.22. The van der Waals surface area contributed by atoms with Crippen molar-refractivity contribution in [3.05, 3.63) is 48.0 Å². The highest BCUT2D eigenvalue weighted by Crippen LogP contribution is 2.19. The number of carbonyl (C=O) groups excluding carboxylic acids is 1. The van der Waals surface area contributed by atoms with Gasteiger partial charge < -0.3 is 4.74 Å². The van der Waals surface area contributed by atoms with Crippen molar-refractivity contribution in [3.63, 3.8) is 0 Å². The molecule has 0 amide bonds. The maximum Gasteiger partial charge on any atom is 0.338 e. The van der Waals surface area contributed by atoms with Crippen molar-refractivity contribution in [2.24, 2.45) is 0 Å². The lowest BCUT2D eigenvalue weighted by atomic mass is 10.1. The average Bonchev–Trinajstić information content (AvgIpc) is 2.83. The molecule has 1 aliphatic rings. The van der Waals surface area contributed by atoms with Crippen LogP contribution in [0.1, 0.15) is 36.0 Å². The summed E-state index contributed by atoms with van der Waals surface area (Å²) in [5, 5.41) is 2.04. The lowest BCUT2D eigenvalue weighted by molar-refractivity contribution is 0.0466. The maximum absolute atomic E-state index is 12.3. The molecule has 0 atom stereocenters. The zero-order chi connectivity index (χ0) is 15.2. The Balaban J connectivity index is 0.00000192. The Hall–Kier alpha value is -1.58. The van der Waals surface area contributed by atoms with E-state index in [1.54, 1.807) is 0 Å². The molecule has 1 saturated heterocycles. The van der Waals surface area contributed by atoms with Gasteiger partial charge in [0, 0.05) is 6.54 Å². The second kappa shape index (κ2) is 8.90. The highest BCUT2D eigenvalue weighted by atomic mass is 35.5. The van der Waals surface area contributed by atoms with Gasteiger partial charge in [0.1, 0.15) is 6.61 Å². The average molecular weight is 334 g/mol. The monoisotopic (exact) mass is 333 g/mol. The summed E-state index contributed by atoms with van der Waals surface area (Å²) >= 11 is 0. The van der Waals surface area contributed by atoms with E-state index >= 15 is 0 Å². The van der Waals surface area contributed by atoms with Crippen LogP contribution >= 0.6 is 12.4 Å². The fourth-order valence-electron chi connectivity index (χ4n) is 3.11. The van der Waals surface area contributed by atoms with Crippen molar-refractivity contribution < 1.29 is 9.53 Å². The predicted molar refractivity (Wildman–Crippen MR) is 96.4 cm³/mol. The molecule has 0 aromatic heterocycles. The van der Waals surface area contributed by atoms with E-state index in [2.05, 4.69) is 4.90 Å². The fourth-order valence-corrected chi connectivity index (χ4v) is 3.11. The number of rotatable bonds is 4. The molecule has 0 saturated carbocycles. The Labute approximate surface area is 144 Å². The van der Waals surface area contributed by atoms with E-state index in [-0.39, 0.29) is 18.4 Å². The Morgan fingerprint density at radius 1 is 0.957 bits per heavy atom. The van der Waals surface area contributed by atoms with E-state index in [4.69, 9.17) is 4.74 Å².